The summed E-state index contributed by atoms with van der Waals surface area (Å²) in [4.78, 5) is 1.000. The first-order valence-corrected chi connectivity index (χ1v) is 10.3. The molecule has 0 saturated carbocycles. The Bertz CT molecular complexity index is 1020. The van der Waals surface area contributed by atoms with Gasteiger partial charge in [-0.15, -0.1) is 11.3 Å². The second kappa shape index (κ2) is 6.09. The highest BCUT2D eigenvalue weighted by Gasteiger charge is 2.35. The van der Waals surface area contributed by atoms with E-state index in [1.165, 1.54) is 16.9 Å². The Balaban J connectivity index is 1.77. The van der Waals surface area contributed by atoms with Crippen LogP contribution in [0.3, 0.4) is 0 Å². The van der Waals surface area contributed by atoms with Gasteiger partial charge in [0.2, 0.25) is 0 Å². The Kier molecular flexibility index (Phi) is 4.02. The first-order chi connectivity index (χ1) is 11.9. The highest BCUT2D eigenvalue weighted by Crippen LogP contribution is 2.36. The van der Waals surface area contributed by atoms with Gasteiger partial charge in [0.25, 0.3) is 10.0 Å². The van der Waals surface area contributed by atoms with Crippen molar-refractivity contribution in [1.82, 2.24) is 14.1 Å². The van der Waals surface area contributed by atoms with E-state index in [0.717, 1.165) is 16.0 Å². The highest BCUT2D eigenvalue weighted by molar-refractivity contribution is 7.91. The summed E-state index contributed by atoms with van der Waals surface area (Å²) in [5, 5.41) is 4.26. The van der Waals surface area contributed by atoms with E-state index < -0.39 is 10.0 Å². The normalized spacial score (nSPS) is 18.2. The number of fused-ring (bicyclic) bond motifs is 1. The fourth-order valence-electron chi connectivity index (χ4n) is 3.34. The van der Waals surface area contributed by atoms with Crippen LogP contribution in [0.4, 0.5) is 0 Å². The average Bonchev–Trinajstić information content (AvgIpc) is 3.22. The molecule has 0 saturated heterocycles. The Labute approximate surface area is 151 Å². The first-order valence-electron chi connectivity index (χ1n) is 8.08. The van der Waals surface area contributed by atoms with E-state index in [0.29, 0.717) is 17.3 Å². The molecule has 130 valence electrons. The van der Waals surface area contributed by atoms with E-state index in [2.05, 4.69) is 11.2 Å². The second-order valence-electron chi connectivity index (χ2n) is 6.36. The van der Waals surface area contributed by atoms with Crippen molar-refractivity contribution in [3.63, 3.8) is 0 Å². The summed E-state index contributed by atoms with van der Waals surface area (Å²) in [7, 11) is -1.62. The largest absolute Gasteiger partial charge is 0.276 e. The molecule has 0 radical (unpaired) electrons. The van der Waals surface area contributed by atoms with Gasteiger partial charge >= 0.3 is 0 Å². The molecule has 5 nitrogen and oxygen atoms in total. The molecule has 1 atom stereocenters. The molecular weight excluding hydrogens is 354 g/mol. The maximum Gasteiger partial charge on any atom is 0.252 e. The van der Waals surface area contributed by atoms with Crippen molar-refractivity contribution in [2.45, 2.75) is 23.6 Å². The zero-order valence-corrected chi connectivity index (χ0v) is 15.7. The molecule has 0 spiro atoms. The van der Waals surface area contributed by atoms with Crippen LogP contribution in [0, 0.1) is 6.92 Å². The maximum absolute atomic E-state index is 13.1. The van der Waals surface area contributed by atoms with Gasteiger partial charge in [-0.05, 0) is 35.7 Å². The third-order valence-corrected chi connectivity index (χ3v) is 7.88. The third-order valence-electron chi connectivity index (χ3n) is 4.60. The zero-order valence-electron chi connectivity index (χ0n) is 14.1. The van der Waals surface area contributed by atoms with E-state index in [1.54, 1.807) is 15.1 Å². The van der Waals surface area contributed by atoms with Gasteiger partial charge in [-0.25, -0.2) is 8.42 Å². The second-order valence-corrected chi connectivity index (χ2v) is 9.81. The summed E-state index contributed by atoms with van der Waals surface area (Å²) < 4.78 is 30.0. The Morgan fingerprint density at radius 3 is 2.68 bits per heavy atom. The highest BCUT2D eigenvalue weighted by atomic mass is 32.2. The number of thiophene rings is 1. The van der Waals surface area contributed by atoms with Crippen LogP contribution in [-0.4, -0.2) is 29.0 Å². The molecule has 0 amide bonds. The molecule has 3 aromatic rings. The number of rotatable bonds is 3. The Morgan fingerprint density at radius 2 is 2.00 bits per heavy atom. The van der Waals surface area contributed by atoms with Crippen LogP contribution in [0.2, 0.25) is 0 Å². The van der Waals surface area contributed by atoms with Crippen molar-refractivity contribution in [2.24, 2.45) is 7.05 Å². The van der Waals surface area contributed by atoms with Crippen LogP contribution in [0.1, 0.15) is 27.5 Å². The third kappa shape index (κ3) is 2.92. The minimum absolute atomic E-state index is 0.00511. The summed E-state index contributed by atoms with van der Waals surface area (Å²) in [6.45, 7) is 2.77. The minimum Gasteiger partial charge on any atom is -0.276 e. The van der Waals surface area contributed by atoms with Crippen molar-refractivity contribution in [3.8, 4) is 0 Å². The predicted octanol–water partition coefficient (Wildman–Crippen LogP) is 3.13. The van der Waals surface area contributed by atoms with Gasteiger partial charge in [0.05, 0.1) is 6.20 Å². The number of hydrogen-bond donors (Lipinski definition) is 0. The van der Waals surface area contributed by atoms with Crippen molar-refractivity contribution in [1.29, 1.82) is 0 Å². The van der Waals surface area contributed by atoms with Gasteiger partial charge in [-0.3, -0.25) is 4.68 Å². The fraction of sp³-hybridized carbons (Fsp3) is 0.278. The molecule has 4 rings (SSSR count). The van der Waals surface area contributed by atoms with Gasteiger partial charge in [-0.2, -0.15) is 9.40 Å². The van der Waals surface area contributed by atoms with Gasteiger partial charge < -0.3 is 0 Å². The summed E-state index contributed by atoms with van der Waals surface area (Å²) in [6.07, 6.45) is 3.79. The lowest BCUT2D eigenvalue weighted by atomic mass is 9.87. The van der Waals surface area contributed by atoms with Gasteiger partial charge in [0.1, 0.15) is 4.21 Å². The lowest BCUT2D eigenvalue weighted by Crippen LogP contribution is -2.38. The standard InChI is InChI=1S/C18H19N3O2S2/c1-13-7-8-18(24-13)25(22,23)21-11-14-5-3-4-6-16(14)17(12-21)15-9-19-20(2)10-15/h3-10,17H,11-12H2,1-2H3. The van der Waals surface area contributed by atoms with Crippen LogP contribution in [0.25, 0.3) is 0 Å². The number of aryl methyl sites for hydroxylation is 2. The molecule has 1 unspecified atom stereocenters. The molecule has 0 aliphatic carbocycles. The van der Waals surface area contributed by atoms with E-state index >= 15 is 0 Å². The van der Waals surface area contributed by atoms with Crippen LogP contribution >= 0.6 is 11.3 Å². The summed E-state index contributed by atoms with van der Waals surface area (Å²) >= 11 is 1.32. The number of nitrogens with zero attached hydrogens (tertiary/aromatic N) is 3. The first kappa shape index (κ1) is 16.5. The molecule has 0 bridgehead atoms. The quantitative estimate of drug-likeness (QED) is 0.709. The van der Waals surface area contributed by atoms with Crippen molar-refractivity contribution in [2.75, 3.05) is 6.54 Å². The SMILES string of the molecule is Cc1ccc(S(=O)(=O)N2Cc3ccccc3C(c3cnn(C)c3)C2)s1. The molecule has 2 aromatic heterocycles. The monoisotopic (exact) mass is 373 g/mol. The average molecular weight is 374 g/mol. The van der Waals surface area contributed by atoms with Crippen LogP contribution in [0.15, 0.2) is 53.0 Å². The summed E-state index contributed by atoms with van der Waals surface area (Å²) in [6, 6.07) is 11.6. The summed E-state index contributed by atoms with van der Waals surface area (Å²) in [5.74, 6) is -0.00511. The van der Waals surface area contributed by atoms with E-state index in [1.807, 2.05) is 50.6 Å². The van der Waals surface area contributed by atoms with Crippen LogP contribution in [-0.2, 0) is 23.6 Å². The van der Waals surface area contributed by atoms with E-state index in [-0.39, 0.29) is 5.92 Å². The molecule has 7 heteroatoms. The Hall–Kier alpha value is -1.96. The van der Waals surface area contributed by atoms with Crippen molar-refractivity contribution < 1.29 is 8.42 Å². The van der Waals surface area contributed by atoms with Gasteiger partial charge in [0.15, 0.2) is 0 Å². The number of sulfonamides is 1. The molecule has 1 aliphatic heterocycles. The Morgan fingerprint density at radius 1 is 1.20 bits per heavy atom. The molecule has 1 aliphatic rings. The molecule has 0 fully saturated rings. The molecular formula is C18H19N3O2S2. The molecule has 0 N–H and O–H groups in total. The maximum atomic E-state index is 13.1. The van der Waals surface area contributed by atoms with Crippen molar-refractivity contribution >= 4 is 21.4 Å². The zero-order chi connectivity index (χ0) is 17.6. The molecule has 3 heterocycles. The fourth-order valence-corrected chi connectivity index (χ4v) is 6.21. The summed E-state index contributed by atoms with van der Waals surface area (Å²) in [5.41, 5.74) is 3.28. The number of aromatic nitrogens is 2. The van der Waals surface area contributed by atoms with Gasteiger partial charge in [0, 0.05) is 37.1 Å². The van der Waals surface area contributed by atoms with Crippen molar-refractivity contribution in [3.05, 3.63) is 70.4 Å². The van der Waals surface area contributed by atoms with E-state index in [4.69, 9.17) is 0 Å². The predicted molar refractivity (Wildman–Crippen MR) is 98.1 cm³/mol. The molecule has 25 heavy (non-hydrogen) atoms. The molecule has 1 aromatic carbocycles. The van der Waals surface area contributed by atoms with Gasteiger partial charge in [-0.1, -0.05) is 24.3 Å². The number of hydrogen-bond acceptors (Lipinski definition) is 4. The van der Waals surface area contributed by atoms with Crippen LogP contribution in [0.5, 0.6) is 0 Å². The lowest BCUT2D eigenvalue weighted by molar-refractivity contribution is 0.372. The minimum atomic E-state index is -3.49. The topological polar surface area (TPSA) is 55.2 Å². The van der Waals surface area contributed by atoms with Crippen LogP contribution < -0.4 is 0 Å². The number of benzene rings is 1. The lowest BCUT2D eigenvalue weighted by Gasteiger charge is -2.33. The van der Waals surface area contributed by atoms with E-state index in [9.17, 15) is 8.42 Å². The smallest absolute Gasteiger partial charge is 0.252 e.